The topological polar surface area (TPSA) is 123 Å². The first-order valence-corrected chi connectivity index (χ1v) is 13.2. The van der Waals surface area contributed by atoms with Crippen LogP contribution in [0, 0.1) is 28.6 Å². The van der Waals surface area contributed by atoms with Crippen LogP contribution >= 0.6 is 0 Å². The summed E-state index contributed by atoms with van der Waals surface area (Å²) in [6, 6.07) is 0. The average molecular weight is 492 g/mol. The quantitative estimate of drug-likeness (QED) is 0.364. The van der Waals surface area contributed by atoms with Gasteiger partial charge in [-0.15, -0.1) is 0 Å². The van der Waals surface area contributed by atoms with Gasteiger partial charge in [-0.05, 0) is 99.7 Å². The van der Waals surface area contributed by atoms with Crippen molar-refractivity contribution in [3.63, 3.8) is 0 Å². The molecule has 1 unspecified atom stereocenters. The second kappa shape index (κ2) is 8.95. The number of allylic oxidation sites excluding steroid dienone is 4. The fourth-order valence-corrected chi connectivity index (χ4v) is 7.92. The zero-order valence-corrected chi connectivity index (χ0v) is 22.2. The number of hydrogen-bond donors (Lipinski definition) is 5. The Morgan fingerprint density at radius 3 is 2.46 bits per heavy atom. The maximum Gasteiger partial charge on any atom is 0.106 e. The molecule has 2 saturated carbocycles. The normalized spacial score (nSPS) is 42.8. The number of fused-ring (bicyclic) bond motifs is 5. The van der Waals surface area contributed by atoms with Gasteiger partial charge in [-0.25, -0.2) is 0 Å². The molecule has 0 aromatic carbocycles. The minimum Gasteiger partial charge on any atom is -0.399 e. The molecule has 0 radical (unpaired) electrons. The van der Waals surface area contributed by atoms with Gasteiger partial charge in [0.25, 0.3) is 0 Å². The van der Waals surface area contributed by atoms with Crippen LogP contribution in [0.25, 0.3) is 0 Å². The minimum absolute atomic E-state index is 0.00326. The van der Waals surface area contributed by atoms with Crippen molar-refractivity contribution in [2.45, 2.75) is 109 Å². The van der Waals surface area contributed by atoms with E-state index in [1.54, 1.807) is 20.8 Å². The van der Waals surface area contributed by atoms with Gasteiger partial charge in [-0.2, -0.15) is 0 Å². The van der Waals surface area contributed by atoms with Gasteiger partial charge in [0, 0.05) is 11.8 Å². The third-order valence-corrected chi connectivity index (χ3v) is 10.0. The Morgan fingerprint density at radius 2 is 1.83 bits per heavy atom. The van der Waals surface area contributed by atoms with Crippen LogP contribution in [0.2, 0.25) is 0 Å². The summed E-state index contributed by atoms with van der Waals surface area (Å²) in [7, 11) is 1.53. The van der Waals surface area contributed by atoms with Crippen LogP contribution in [-0.2, 0) is 4.84 Å². The van der Waals surface area contributed by atoms with E-state index in [-0.39, 0.29) is 28.6 Å². The highest BCUT2D eigenvalue weighted by Gasteiger charge is 2.60. The van der Waals surface area contributed by atoms with Crippen LogP contribution in [-0.4, -0.2) is 67.9 Å². The summed E-state index contributed by atoms with van der Waals surface area (Å²) in [4.78, 5) is 5.20. The lowest BCUT2D eigenvalue weighted by atomic mass is 9.47. The monoisotopic (exact) mass is 491 g/mol. The van der Waals surface area contributed by atoms with Crippen molar-refractivity contribution in [1.82, 2.24) is 0 Å². The average Bonchev–Trinajstić information content (AvgIpc) is 3.11. The summed E-state index contributed by atoms with van der Waals surface area (Å²) >= 11 is 0. The van der Waals surface area contributed by atoms with Gasteiger partial charge >= 0.3 is 0 Å². The summed E-state index contributed by atoms with van der Waals surface area (Å²) in [5.41, 5.74) is 0.440. The number of nitrogens with zero attached hydrogens (tertiary/aromatic N) is 1. The molecule has 0 heterocycles. The molecule has 0 bridgehead atoms. The van der Waals surface area contributed by atoms with Gasteiger partial charge in [0.05, 0.1) is 35.2 Å². The number of aliphatic hydroxyl groups is 5. The Balaban J connectivity index is 1.67. The lowest BCUT2D eigenvalue weighted by Crippen LogP contribution is -2.56. The second-order valence-electron chi connectivity index (χ2n) is 12.9. The van der Waals surface area contributed by atoms with Gasteiger partial charge < -0.3 is 30.4 Å². The highest BCUT2D eigenvalue weighted by molar-refractivity contribution is 5.99. The second-order valence-corrected chi connectivity index (χ2v) is 12.9. The molecule has 2 fully saturated rings. The molecular weight excluding hydrogens is 446 g/mol. The molecule has 0 amide bonds. The van der Waals surface area contributed by atoms with Crippen molar-refractivity contribution < 1.29 is 30.4 Å². The van der Waals surface area contributed by atoms with Gasteiger partial charge in [0.15, 0.2) is 0 Å². The minimum atomic E-state index is -1.30. The highest BCUT2D eigenvalue weighted by atomic mass is 16.6. The first kappa shape index (κ1) is 26.8. The van der Waals surface area contributed by atoms with Crippen molar-refractivity contribution in [1.29, 1.82) is 0 Å². The summed E-state index contributed by atoms with van der Waals surface area (Å²) < 4.78 is 0. The van der Waals surface area contributed by atoms with Crippen LogP contribution in [0.15, 0.2) is 28.5 Å². The maximum atomic E-state index is 11.6. The SMILES string of the molecule is CO/N=C1/C=C2C3=CC[C@H]([C@@](C)(O)[C@H](O)CCC(C)(C)O)[C@@]3(C)CCC2[C@@]2(C)C[C@H](O)[C@H](O)C[C@@H]12. The smallest absolute Gasteiger partial charge is 0.106 e. The first-order valence-electron chi connectivity index (χ1n) is 13.2. The largest absolute Gasteiger partial charge is 0.399 e. The van der Waals surface area contributed by atoms with Crippen LogP contribution < -0.4 is 0 Å². The molecule has 7 heteroatoms. The molecule has 4 aliphatic carbocycles. The van der Waals surface area contributed by atoms with Crippen molar-refractivity contribution in [2.75, 3.05) is 7.11 Å². The lowest BCUT2D eigenvalue weighted by Gasteiger charge is -2.57. The molecule has 4 rings (SSSR count). The third kappa shape index (κ3) is 4.42. The van der Waals surface area contributed by atoms with Gasteiger partial charge in [-0.3, -0.25) is 0 Å². The molecule has 0 aromatic rings. The number of aliphatic hydroxyl groups excluding tert-OH is 3. The standard InChI is InChI=1S/C28H45NO6/c1-25(2,33)11-10-24(32)28(5,34)23-8-7-17-16-13-20(29-35-6)19-14-21(30)22(31)15-27(19,4)18(16)9-12-26(17,23)3/h7,13,18-19,21-24,30-34H,8-12,14-15H2,1-6H3/b29-20-/t18?,19-,21+,22-,23-,24+,26-,27+,28+/m0/s1. The van der Waals surface area contributed by atoms with Crippen molar-refractivity contribution in [2.24, 2.45) is 33.7 Å². The molecule has 0 spiro atoms. The van der Waals surface area contributed by atoms with Crippen LogP contribution in [0.4, 0.5) is 0 Å². The lowest BCUT2D eigenvalue weighted by molar-refractivity contribution is -0.134. The van der Waals surface area contributed by atoms with Gasteiger partial charge in [0.2, 0.25) is 0 Å². The molecule has 0 saturated heterocycles. The summed E-state index contributed by atoms with van der Waals surface area (Å²) in [6.07, 6.45) is 6.02. The molecule has 9 atom stereocenters. The highest BCUT2D eigenvalue weighted by Crippen LogP contribution is 2.65. The Labute approximate surface area is 209 Å². The van der Waals surface area contributed by atoms with E-state index in [0.717, 1.165) is 18.6 Å². The Bertz CT molecular complexity index is 917. The summed E-state index contributed by atoms with van der Waals surface area (Å²) in [5, 5.41) is 58.2. The molecule has 198 valence electrons. The Kier molecular flexibility index (Phi) is 6.85. The van der Waals surface area contributed by atoms with Crippen molar-refractivity contribution in [3.05, 3.63) is 23.3 Å². The predicted molar refractivity (Wildman–Crippen MR) is 135 cm³/mol. The van der Waals surface area contributed by atoms with E-state index < -0.39 is 29.5 Å². The molecule has 5 N–H and O–H groups in total. The third-order valence-electron chi connectivity index (χ3n) is 10.0. The van der Waals surface area contributed by atoms with Crippen LogP contribution in [0.1, 0.15) is 79.6 Å². The van der Waals surface area contributed by atoms with E-state index in [0.29, 0.717) is 32.1 Å². The fraction of sp³-hybridized carbons (Fsp3) is 0.821. The van der Waals surface area contributed by atoms with Gasteiger partial charge in [-0.1, -0.05) is 25.1 Å². The molecule has 0 aromatic heterocycles. The summed E-state index contributed by atoms with van der Waals surface area (Å²) in [5.74, 6) is 0.0629. The van der Waals surface area contributed by atoms with Crippen molar-refractivity contribution in [3.8, 4) is 0 Å². The Morgan fingerprint density at radius 1 is 1.14 bits per heavy atom. The number of hydrogen-bond acceptors (Lipinski definition) is 7. The van der Waals surface area contributed by atoms with E-state index in [4.69, 9.17) is 4.84 Å². The van der Waals surface area contributed by atoms with Crippen LogP contribution in [0.3, 0.4) is 0 Å². The fourth-order valence-electron chi connectivity index (χ4n) is 7.92. The van der Waals surface area contributed by atoms with E-state index >= 15 is 0 Å². The zero-order chi connectivity index (χ0) is 26.0. The first-order chi connectivity index (χ1) is 16.1. The molecule has 0 aliphatic heterocycles. The van der Waals surface area contributed by atoms with E-state index in [9.17, 15) is 25.5 Å². The van der Waals surface area contributed by atoms with E-state index in [1.807, 2.05) is 0 Å². The number of oxime groups is 1. The van der Waals surface area contributed by atoms with Gasteiger partial charge in [0.1, 0.15) is 7.11 Å². The molecular formula is C28H45NO6. The Hall–Kier alpha value is -1.25. The molecule has 7 nitrogen and oxygen atoms in total. The van der Waals surface area contributed by atoms with Crippen molar-refractivity contribution >= 4 is 5.71 Å². The molecule has 4 aliphatic rings. The van der Waals surface area contributed by atoms with E-state index in [2.05, 4.69) is 31.2 Å². The van der Waals surface area contributed by atoms with E-state index in [1.165, 1.54) is 18.3 Å². The summed E-state index contributed by atoms with van der Waals surface area (Å²) in [6.45, 7) is 9.59. The predicted octanol–water partition coefficient (Wildman–Crippen LogP) is 3.09. The zero-order valence-electron chi connectivity index (χ0n) is 22.2. The maximum absolute atomic E-state index is 11.6. The number of rotatable bonds is 6. The molecule has 35 heavy (non-hydrogen) atoms. The van der Waals surface area contributed by atoms with Crippen LogP contribution in [0.5, 0.6) is 0 Å².